The molecule has 1 aromatic heterocycles. The van der Waals surface area contributed by atoms with Crippen molar-refractivity contribution in [3.05, 3.63) is 62.4 Å². The van der Waals surface area contributed by atoms with Crippen LogP contribution in [0.4, 0.5) is 5.13 Å². The van der Waals surface area contributed by atoms with Crippen molar-refractivity contribution in [1.29, 1.82) is 0 Å². The molecular formula is C26H27Cl3N2OS. The van der Waals surface area contributed by atoms with Gasteiger partial charge in [0, 0.05) is 21.4 Å². The summed E-state index contributed by atoms with van der Waals surface area (Å²) in [7, 11) is 1.65. The third-order valence-corrected chi connectivity index (χ3v) is 7.45. The molecule has 0 amide bonds. The van der Waals surface area contributed by atoms with Crippen LogP contribution in [0, 0.1) is 32.1 Å². The van der Waals surface area contributed by atoms with Crippen molar-refractivity contribution in [3.63, 3.8) is 0 Å². The summed E-state index contributed by atoms with van der Waals surface area (Å²) >= 11 is 14.3. The number of aromatic nitrogens is 1. The predicted molar refractivity (Wildman–Crippen MR) is 144 cm³/mol. The molecule has 7 heteroatoms. The number of nitrogens with zero attached hydrogens (tertiary/aromatic N) is 1. The Labute approximate surface area is 216 Å². The second-order valence-electron chi connectivity index (χ2n) is 8.35. The van der Waals surface area contributed by atoms with Gasteiger partial charge in [0.1, 0.15) is 5.75 Å². The van der Waals surface area contributed by atoms with Gasteiger partial charge in [-0.3, -0.25) is 0 Å². The molecule has 3 nitrogen and oxygen atoms in total. The summed E-state index contributed by atoms with van der Waals surface area (Å²) in [5, 5.41) is 5.69. The fourth-order valence-corrected chi connectivity index (χ4v) is 5.29. The Hall–Kier alpha value is -1.90. The molecule has 1 saturated carbocycles. The summed E-state index contributed by atoms with van der Waals surface area (Å²) in [5.41, 5.74) is 3.99. The lowest BCUT2D eigenvalue weighted by Gasteiger charge is -2.24. The highest BCUT2D eigenvalue weighted by molar-refractivity contribution is 7.16. The maximum Gasteiger partial charge on any atom is 0.184 e. The van der Waals surface area contributed by atoms with Gasteiger partial charge in [0.15, 0.2) is 5.13 Å². The van der Waals surface area contributed by atoms with Crippen LogP contribution in [-0.2, 0) is 0 Å². The molecule has 2 unspecified atom stereocenters. The molecule has 1 aliphatic carbocycles. The van der Waals surface area contributed by atoms with Crippen molar-refractivity contribution in [1.82, 2.24) is 4.98 Å². The molecule has 0 saturated heterocycles. The van der Waals surface area contributed by atoms with Crippen LogP contribution < -0.4 is 10.1 Å². The number of benzene rings is 2. The third kappa shape index (κ3) is 5.97. The number of anilines is 1. The van der Waals surface area contributed by atoms with E-state index in [0.29, 0.717) is 5.02 Å². The number of halogens is 3. The van der Waals surface area contributed by atoms with Gasteiger partial charge >= 0.3 is 0 Å². The lowest BCUT2D eigenvalue weighted by atomic mass is 9.87. The Kier molecular flexibility index (Phi) is 8.59. The second kappa shape index (κ2) is 11.0. The SMILES string of the molecule is C#CC(Nc1nc(-c2cc(C)c(OC)cc2Cl)c(C)s1)C(CC1CC1)c1ccc(Cl)cc1.Cl. The van der Waals surface area contributed by atoms with E-state index in [4.69, 9.17) is 39.3 Å². The van der Waals surface area contributed by atoms with Crippen molar-refractivity contribution in [3.8, 4) is 29.4 Å². The first-order valence-electron chi connectivity index (χ1n) is 10.7. The van der Waals surface area contributed by atoms with E-state index in [1.165, 1.54) is 18.4 Å². The number of methoxy groups -OCH3 is 1. The minimum atomic E-state index is -0.164. The summed E-state index contributed by atoms with van der Waals surface area (Å²) in [6.07, 6.45) is 9.63. The Morgan fingerprint density at radius 3 is 2.52 bits per heavy atom. The molecule has 3 aromatic rings. The van der Waals surface area contributed by atoms with Gasteiger partial charge < -0.3 is 10.1 Å². The number of hydrogen-bond donors (Lipinski definition) is 1. The highest BCUT2D eigenvalue weighted by Crippen LogP contribution is 2.42. The van der Waals surface area contributed by atoms with E-state index in [9.17, 15) is 0 Å². The standard InChI is InChI=1S/C26H26Cl2N2OS.ClH/c1-5-23(20(13-17-6-7-17)18-8-10-19(27)11-9-18)29-26-30-25(16(3)32-26)21-12-15(2)24(31-4)14-22(21)28;/h1,8-12,14,17,20,23H,6-7,13H2,2-4H3,(H,29,30);1H. The molecule has 2 aromatic carbocycles. The molecule has 0 radical (unpaired) electrons. The van der Waals surface area contributed by atoms with Crippen LogP contribution in [0.1, 0.15) is 41.2 Å². The van der Waals surface area contributed by atoms with E-state index in [0.717, 1.165) is 49.9 Å². The van der Waals surface area contributed by atoms with Gasteiger partial charge in [-0.2, -0.15) is 0 Å². The number of terminal acetylenes is 1. The topological polar surface area (TPSA) is 34.2 Å². The Morgan fingerprint density at radius 2 is 1.91 bits per heavy atom. The molecular weight excluding hydrogens is 495 g/mol. The Bertz CT molecular complexity index is 1150. The van der Waals surface area contributed by atoms with Crippen molar-refractivity contribution >= 4 is 52.1 Å². The number of nitrogens with one attached hydrogen (secondary N) is 1. The van der Waals surface area contributed by atoms with E-state index in [1.807, 2.05) is 31.2 Å². The highest BCUT2D eigenvalue weighted by atomic mass is 35.5. The average molecular weight is 522 g/mol. The zero-order chi connectivity index (χ0) is 22.8. The molecule has 1 N–H and O–H groups in total. The maximum absolute atomic E-state index is 6.56. The average Bonchev–Trinajstić information content (AvgIpc) is 3.53. The van der Waals surface area contributed by atoms with Gasteiger partial charge in [0.05, 0.1) is 23.9 Å². The van der Waals surface area contributed by atoms with Gasteiger partial charge in [0.25, 0.3) is 0 Å². The molecule has 1 heterocycles. The van der Waals surface area contributed by atoms with Gasteiger partial charge in [-0.15, -0.1) is 30.2 Å². The largest absolute Gasteiger partial charge is 0.496 e. The van der Waals surface area contributed by atoms with Crippen LogP contribution in [0.15, 0.2) is 36.4 Å². The number of aryl methyl sites for hydroxylation is 2. The normalized spacial score (nSPS) is 14.7. The van der Waals surface area contributed by atoms with Crippen LogP contribution in [0.3, 0.4) is 0 Å². The van der Waals surface area contributed by atoms with Crippen molar-refractivity contribution in [2.24, 2.45) is 5.92 Å². The summed E-state index contributed by atoms with van der Waals surface area (Å²) in [6, 6.07) is 11.7. The van der Waals surface area contributed by atoms with Gasteiger partial charge in [-0.1, -0.05) is 54.1 Å². The number of thiazole rings is 1. The monoisotopic (exact) mass is 520 g/mol. The number of hydrogen-bond acceptors (Lipinski definition) is 4. The first kappa shape index (κ1) is 25.7. The van der Waals surface area contributed by atoms with Crippen LogP contribution in [-0.4, -0.2) is 18.1 Å². The second-order valence-corrected chi connectivity index (χ2v) is 10.4. The van der Waals surface area contributed by atoms with E-state index in [1.54, 1.807) is 18.4 Å². The maximum atomic E-state index is 6.56. The molecule has 1 aliphatic rings. The lowest BCUT2D eigenvalue weighted by molar-refractivity contribution is 0.412. The number of rotatable bonds is 8. The van der Waals surface area contributed by atoms with E-state index < -0.39 is 0 Å². The smallest absolute Gasteiger partial charge is 0.184 e. The van der Waals surface area contributed by atoms with Crippen LogP contribution in [0.25, 0.3) is 11.3 Å². The Morgan fingerprint density at radius 1 is 1.21 bits per heavy atom. The van der Waals surface area contributed by atoms with Crippen LogP contribution >= 0.6 is 46.9 Å². The molecule has 0 aliphatic heterocycles. The highest BCUT2D eigenvalue weighted by Gasteiger charge is 2.31. The van der Waals surface area contributed by atoms with Crippen LogP contribution in [0.5, 0.6) is 5.75 Å². The minimum absolute atomic E-state index is 0. The summed E-state index contributed by atoms with van der Waals surface area (Å²) in [4.78, 5) is 5.96. The van der Waals surface area contributed by atoms with Crippen molar-refractivity contribution in [2.75, 3.05) is 12.4 Å². The molecule has 0 spiro atoms. The molecule has 0 bridgehead atoms. The first-order valence-corrected chi connectivity index (χ1v) is 12.3. The molecule has 4 rings (SSSR count). The minimum Gasteiger partial charge on any atom is -0.496 e. The van der Waals surface area contributed by atoms with Gasteiger partial charge in [0.2, 0.25) is 0 Å². The Balaban J connectivity index is 0.00000306. The molecule has 174 valence electrons. The molecule has 1 fully saturated rings. The quantitative estimate of drug-likeness (QED) is 0.304. The first-order chi connectivity index (χ1) is 15.4. The zero-order valence-electron chi connectivity index (χ0n) is 18.8. The molecule has 2 atom stereocenters. The van der Waals surface area contributed by atoms with E-state index in [2.05, 4.69) is 30.3 Å². The third-order valence-electron chi connectivity index (χ3n) is 5.98. The van der Waals surface area contributed by atoms with E-state index in [-0.39, 0.29) is 24.4 Å². The fourth-order valence-electron chi connectivity index (χ4n) is 4.05. The zero-order valence-corrected chi connectivity index (χ0v) is 22.0. The van der Waals surface area contributed by atoms with Gasteiger partial charge in [-0.25, -0.2) is 4.98 Å². The summed E-state index contributed by atoms with van der Waals surface area (Å²) < 4.78 is 5.39. The summed E-state index contributed by atoms with van der Waals surface area (Å²) in [6.45, 7) is 4.06. The lowest BCUT2D eigenvalue weighted by Crippen LogP contribution is -2.26. The van der Waals surface area contributed by atoms with E-state index >= 15 is 0 Å². The number of ether oxygens (including phenoxy) is 1. The predicted octanol–water partition coefficient (Wildman–Crippen LogP) is 8.16. The van der Waals surface area contributed by atoms with Crippen molar-refractivity contribution in [2.45, 2.75) is 45.1 Å². The summed E-state index contributed by atoms with van der Waals surface area (Å²) in [5.74, 6) is 4.69. The van der Waals surface area contributed by atoms with Gasteiger partial charge in [-0.05, 0) is 61.6 Å². The fraction of sp³-hybridized carbons (Fsp3) is 0.346. The van der Waals surface area contributed by atoms with Crippen LogP contribution in [0.2, 0.25) is 10.0 Å². The van der Waals surface area contributed by atoms with Crippen molar-refractivity contribution < 1.29 is 4.74 Å². The molecule has 33 heavy (non-hydrogen) atoms.